The fourth-order valence-corrected chi connectivity index (χ4v) is 3.21. The molecule has 1 aliphatic rings. The smallest absolute Gasteiger partial charge is 0.154 e. The highest BCUT2D eigenvalue weighted by molar-refractivity contribution is 5.72. The number of morpholine rings is 1. The number of hydrogen-bond donors (Lipinski definition) is 2. The number of phenolic OH excluding ortho intramolecular Hbond substituents is 1. The van der Waals surface area contributed by atoms with E-state index in [0.29, 0.717) is 18.8 Å². The summed E-state index contributed by atoms with van der Waals surface area (Å²) >= 11 is 0. The van der Waals surface area contributed by atoms with Gasteiger partial charge in [-0.3, -0.25) is 0 Å². The Balaban J connectivity index is 1.93. The highest BCUT2D eigenvalue weighted by Crippen LogP contribution is 2.33. The molecule has 0 unspecified atom stereocenters. The van der Waals surface area contributed by atoms with Crippen LogP contribution in [0.15, 0.2) is 18.2 Å². The third-order valence-electron chi connectivity index (χ3n) is 4.32. The van der Waals surface area contributed by atoms with Gasteiger partial charge in [-0.1, -0.05) is 6.07 Å². The van der Waals surface area contributed by atoms with Gasteiger partial charge in [0.1, 0.15) is 5.75 Å². The second-order valence-corrected chi connectivity index (χ2v) is 6.33. The molecule has 1 atom stereocenters. The van der Waals surface area contributed by atoms with Crippen molar-refractivity contribution < 1.29 is 14.9 Å². The number of aromatic nitrogens is 2. The van der Waals surface area contributed by atoms with Gasteiger partial charge in [-0.05, 0) is 49.6 Å². The summed E-state index contributed by atoms with van der Waals surface area (Å²) in [5, 5.41) is 28.3. The molecule has 2 heterocycles. The molecule has 0 aliphatic carbocycles. The molecule has 0 saturated carbocycles. The lowest BCUT2D eigenvalue weighted by molar-refractivity contribution is 0.00329. The molecule has 0 bridgehead atoms. The van der Waals surface area contributed by atoms with E-state index < -0.39 is 0 Å². The number of nitrogens with zero attached hydrogens (tertiary/aromatic N) is 3. The van der Waals surface area contributed by atoms with Crippen LogP contribution in [0.1, 0.15) is 16.7 Å². The molecule has 2 N–H and O–H groups in total. The fourth-order valence-electron chi connectivity index (χ4n) is 3.21. The third-order valence-corrected chi connectivity index (χ3v) is 4.32. The minimum Gasteiger partial charge on any atom is -0.507 e. The molecule has 1 aromatic carbocycles. The molecule has 2 aromatic rings. The van der Waals surface area contributed by atoms with Gasteiger partial charge in [0, 0.05) is 18.7 Å². The normalized spacial score (nSPS) is 18.0. The van der Waals surface area contributed by atoms with Crippen LogP contribution < -0.4 is 4.90 Å². The first-order valence-corrected chi connectivity index (χ1v) is 8.12. The summed E-state index contributed by atoms with van der Waals surface area (Å²) in [6, 6.07) is 5.71. The van der Waals surface area contributed by atoms with Gasteiger partial charge in [0.05, 0.1) is 25.0 Å². The van der Waals surface area contributed by atoms with Crippen molar-refractivity contribution in [3.05, 3.63) is 34.9 Å². The second kappa shape index (κ2) is 6.75. The molecule has 128 valence electrons. The Morgan fingerprint density at radius 2 is 1.96 bits per heavy atom. The molecular weight excluding hydrogens is 306 g/mol. The highest BCUT2D eigenvalue weighted by atomic mass is 16.5. The third kappa shape index (κ3) is 3.20. The largest absolute Gasteiger partial charge is 0.507 e. The Labute approximate surface area is 141 Å². The monoisotopic (exact) mass is 329 g/mol. The maximum atomic E-state index is 10.3. The first-order valence-electron chi connectivity index (χ1n) is 8.12. The Bertz CT molecular complexity index is 725. The van der Waals surface area contributed by atoms with E-state index in [1.54, 1.807) is 6.07 Å². The summed E-state index contributed by atoms with van der Waals surface area (Å²) in [6.45, 7) is 7.77. The lowest BCUT2D eigenvalue weighted by Crippen LogP contribution is -2.44. The van der Waals surface area contributed by atoms with Crippen molar-refractivity contribution >= 4 is 5.82 Å². The number of anilines is 1. The molecule has 6 nitrogen and oxygen atoms in total. The first kappa shape index (κ1) is 16.7. The molecule has 24 heavy (non-hydrogen) atoms. The molecule has 3 rings (SSSR count). The SMILES string of the molecule is Cc1cc(C)c(-c2cc(C)c(N3CCO[C@H](CO)C3)nn2)c(O)c1. The van der Waals surface area contributed by atoms with E-state index in [4.69, 9.17) is 4.74 Å². The summed E-state index contributed by atoms with van der Waals surface area (Å²) in [5.74, 6) is 1.02. The van der Waals surface area contributed by atoms with Crippen molar-refractivity contribution in [2.75, 3.05) is 31.2 Å². The van der Waals surface area contributed by atoms with Crippen LogP contribution in [0.3, 0.4) is 0 Å². The number of phenols is 1. The number of rotatable bonds is 3. The molecular formula is C18H23N3O3. The van der Waals surface area contributed by atoms with Crippen LogP contribution in [-0.2, 0) is 4.74 Å². The lowest BCUT2D eigenvalue weighted by Gasteiger charge is -2.33. The second-order valence-electron chi connectivity index (χ2n) is 6.33. The van der Waals surface area contributed by atoms with Gasteiger partial charge in [-0.15, -0.1) is 10.2 Å². The van der Waals surface area contributed by atoms with E-state index in [1.165, 1.54) is 0 Å². The predicted molar refractivity (Wildman–Crippen MR) is 92.4 cm³/mol. The van der Waals surface area contributed by atoms with Crippen LogP contribution in [0.25, 0.3) is 11.3 Å². The molecule has 0 spiro atoms. The van der Waals surface area contributed by atoms with E-state index in [2.05, 4.69) is 15.1 Å². The van der Waals surface area contributed by atoms with Crippen LogP contribution in [0.4, 0.5) is 5.82 Å². The molecule has 6 heteroatoms. The van der Waals surface area contributed by atoms with Crippen LogP contribution >= 0.6 is 0 Å². The topological polar surface area (TPSA) is 78.7 Å². The van der Waals surface area contributed by atoms with Crippen LogP contribution in [0.2, 0.25) is 0 Å². The zero-order valence-electron chi connectivity index (χ0n) is 14.3. The summed E-state index contributed by atoms with van der Waals surface area (Å²) < 4.78 is 5.48. The zero-order chi connectivity index (χ0) is 17.3. The van der Waals surface area contributed by atoms with E-state index in [0.717, 1.165) is 34.6 Å². The summed E-state index contributed by atoms with van der Waals surface area (Å²) in [4.78, 5) is 2.08. The van der Waals surface area contributed by atoms with Gasteiger partial charge >= 0.3 is 0 Å². The number of aliphatic hydroxyl groups excluding tert-OH is 1. The molecule has 1 aromatic heterocycles. The van der Waals surface area contributed by atoms with Crippen molar-refractivity contribution in [3.8, 4) is 17.0 Å². The quantitative estimate of drug-likeness (QED) is 0.896. The first-order chi connectivity index (χ1) is 11.5. The zero-order valence-corrected chi connectivity index (χ0v) is 14.3. The van der Waals surface area contributed by atoms with Gasteiger partial charge in [0.15, 0.2) is 5.82 Å². The number of ether oxygens (including phenoxy) is 1. The Hall–Kier alpha value is -2.18. The predicted octanol–water partition coefficient (Wildman–Crippen LogP) is 1.97. The number of benzene rings is 1. The van der Waals surface area contributed by atoms with Gasteiger partial charge in [0.2, 0.25) is 0 Å². The molecule has 1 aliphatic heterocycles. The molecule has 1 fully saturated rings. The number of aromatic hydroxyl groups is 1. The van der Waals surface area contributed by atoms with Crippen LogP contribution in [0, 0.1) is 20.8 Å². The summed E-state index contributed by atoms with van der Waals surface area (Å²) in [5.41, 5.74) is 4.35. The molecule has 0 amide bonds. The maximum Gasteiger partial charge on any atom is 0.154 e. The Morgan fingerprint density at radius 1 is 1.17 bits per heavy atom. The Kier molecular flexibility index (Phi) is 4.69. The summed E-state index contributed by atoms with van der Waals surface area (Å²) in [7, 11) is 0. The number of aliphatic hydroxyl groups is 1. The average molecular weight is 329 g/mol. The average Bonchev–Trinajstić information content (AvgIpc) is 2.54. The van der Waals surface area contributed by atoms with Crippen molar-refractivity contribution in [1.29, 1.82) is 0 Å². The van der Waals surface area contributed by atoms with Gasteiger partial charge < -0.3 is 19.8 Å². The molecule has 0 radical (unpaired) electrons. The van der Waals surface area contributed by atoms with Crippen molar-refractivity contribution in [2.45, 2.75) is 26.9 Å². The number of hydrogen-bond acceptors (Lipinski definition) is 6. The standard InChI is InChI=1S/C18H23N3O3/c1-11-6-12(2)17(16(23)7-11)15-8-13(3)18(20-19-15)21-4-5-24-14(9-21)10-22/h6-8,14,22-23H,4-5,9-10H2,1-3H3/t14-/m0/s1. The van der Waals surface area contributed by atoms with Gasteiger partial charge in [-0.2, -0.15) is 0 Å². The van der Waals surface area contributed by atoms with Crippen molar-refractivity contribution in [1.82, 2.24) is 10.2 Å². The van der Waals surface area contributed by atoms with E-state index >= 15 is 0 Å². The van der Waals surface area contributed by atoms with Crippen LogP contribution in [-0.4, -0.2) is 52.8 Å². The van der Waals surface area contributed by atoms with E-state index in [9.17, 15) is 10.2 Å². The van der Waals surface area contributed by atoms with E-state index in [1.807, 2.05) is 32.9 Å². The van der Waals surface area contributed by atoms with Crippen molar-refractivity contribution in [2.24, 2.45) is 0 Å². The molecule has 1 saturated heterocycles. The minimum absolute atomic E-state index is 0.00249. The number of aryl methyl sites for hydroxylation is 3. The summed E-state index contributed by atoms with van der Waals surface area (Å²) in [6.07, 6.45) is -0.192. The Morgan fingerprint density at radius 3 is 2.62 bits per heavy atom. The maximum absolute atomic E-state index is 10.3. The fraction of sp³-hybridized carbons (Fsp3) is 0.444. The minimum atomic E-state index is -0.192. The van der Waals surface area contributed by atoms with Crippen molar-refractivity contribution in [3.63, 3.8) is 0 Å². The van der Waals surface area contributed by atoms with Crippen LogP contribution in [0.5, 0.6) is 5.75 Å². The lowest BCUT2D eigenvalue weighted by atomic mass is 10.0. The van der Waals surface area contributed by atoms with Gasteiger partial charge in [0.25, 0.3) is 0 Å². The highest BCUT2D eigenvalue weighted by Gasteiger charge is 2.23. The van der Waals surface area contributed by atoms with Gasteiger partial charge in [-0.25, -0.2) is 0 Å². The van der Waals surface area contributed by atoms with E-state index in [-0.39, 0.29) is 18.5 Å².